The minimum Gasteiger partial charge on any atom is -0.462 e. The molecule has 2 heterocycles. The second-order valence-corrected chi connectivity index (χ2v) is 11.3. The predicted octanol–water partition coefficient (Wildman–Crippen LogP) is 2.62. The number of alkyl halides is 1. The van der Waals surface area contributed by atoms with Crippen LogP contribution in [-0.4, -0.2) is 63.9 Å². The van der Waals surface area contributed by atoms with Crippen LogP contribution in [0.15, 0.2) is 55.0 Å². The van der Waals surface area contributed by atoms with Gasteiger partial charge >= 0.3 is 13.7 Å². The maximum absolute atomic E-state index is 13.7. The summed E-state index contributed by atoms with van der Waals surface area (Å²) in [6, 6.07) is 7.23. The van der Waals surface area contributed by atoms with Gasteiger partial charge < -0.3 is 29.3 Å². The van der Waals surface area contributed by atoms with Gasteiger partial charge in [0.05, 0.1) is 12.7 Å². The number of carbonyl (C=O) groups excluding carboxylic acids is 2. The van der Waals surface area contributed by atoms with Crippen LogP contribution in [0.4, 0.5) is 0 Å². The number of benzene rings is 1. The Balaban J connectivity index is 1.76. The SMILES string of the molecule is C=C1NC(=O)C=CN1[C@@H]1O[C@H](CO[P@](=O)(N[C@H](C)C(=O)OC(C)C)Oc2ccccc2)[C@@H](O)[C@@]1(C)Cl. The lowest BCUT2D eigenvalue weighted by molar-refractivity contribution is -0.149. The maximum Gasteiger partial charge on any atom is 0.459 e. The van der Waals surface area contributed by atoms with E-state index in [1.54, 1.807) is 51.1 Å². The van der Waals surface area contributed by atoms with Crippen molar-refractivity contribution in [1.29, 1.82) is 0 Å². The Labute approximate surface area is 214 Å². The van der Waals surface area contributed by atoms with Crippen molar-refractivity contribution < 1.29 is 37.8 Å². The normalized spacial score (nSPS) is 28.5. The zero-order chi connectivity index (χ0) is 26.7. The highest BCUT2D eigenvalue weighted by Gasteiger charge is 2.55. The first-order chi connectivity index (χ1) is 16.8. The van der Waals surface area contributed by atoms with Crippen molar-refractivity contribution in [2.24, 2.45) is 0 Å². The third-order valence-electron chi connectivity index (χ3n) is 5.37. The smallest absolute Gasteiger partial charge is 0.459 e. The van der Waals surface area contributed by atoms with Crippen molar-refractivity contribution in [3.63, 3.8) is 0 Å². The van der Waals surface area contributed by atoms with E-state index in [1.807, 2.05) is 0 Å². The number of ether oxygens (including phenoxy) is 2. The zero-order valence-electron chi connectivity index (χ0n) is 20.4. The molecule has 0 aliphatic carbocycles. The minimum atomic E-state index is -4.17. The number of halogens is 1. The van der Waals surface area contributed by atoms with Gasteiger partial charge in [-0.15, -0.1) is 11.6 Å². The van der Waals surface area contributed by atoms with Gasteiger partial charge in [0, 0.05) is 12.3 Å². The van der Waals surface area contributed by atoms with Crippen LogP contribution in [0, 0.1) is 0 Å². The molecule has 1 amide bonds. The van der Waals surface area contributed by atoms with E-state index in [1.165, 1.54) is 24.1 Å². The summed E-state index contributed by atoms with van der Waals surface area (Å²) in [5, 5.41) is 16.0. The van der Waals surface area contributed by atoms with Gasteiger partial charge in [0.2, 0.25) is 0 Å². The molecule has 0 unspecified atom stereocenters. The van der Waals surface area contributed by atoms with Gasteiger partial charge in [-0.3, -0.25) is 14.1 Å². The lowest BCUT2D eigenvalue weighted by atomic mass is 10.0. The van der Waals surface area contributed by atoms with Crippen LogP contribution in [0.3, 0.4) is 0 Å². The molecule has 0 bridgehead atoms. The lowest BCUT2D eigenvalue weighted by Crippen LogP contribution is -2.50. The Morgan fingerprint density at radius 1 is 1.36 bits per heavy atom. The fraction of sp³-hybridized carbons (Fsp3) is 0.478. The molecule has 0 saturated carbocycles. The van der Waals surface area contributed by atoms with Gasteiger partial charge in [-0.05, 0) is 39.8 Å². The van der Waals surface area contributed by atoms with Crippen molar-refractivity contribution in [3.05, 3.63) is 55.0 Å². The van der Waals surface area contributed by atoms with Gasteiger partial charge in [0.25, 0.3) is 5.91 Å². The van der Waals surface area contributed by atoms with E-state index in [4.69, 9.17) is 30.1 Å². The Kier molecular flexibility index (Phi) is 8.87. The molecule has 1 fully saturated rings. The predicted molar refractivity (Wildman–Crippen MR) is 132 cm³/mol. The Morgan fingerprint density at radius 2 is 2.03 bits per heavy atom. The fourth-order valence-electron chi connectivity index (χ4n) is 3.56. The summed E-state index contributed by atoms with van der Waals surface area (Å²) in [6.45, 7) is 9.78. The van der Waals surface area contributed by atoms with Crippen molar-refractivity contribution in [2.45, 2.75) is 63.2 Å². The molecule has 3 N–H and O–H groups in total. The molecule has 1 aromatic rings. The van der Waals surface area contributed by atoms with Gasteiger partial charge in [-0.2, -0.15) is 5.09 Å². The maximum atomic E-state index is 13.7. The number of esters is 1. The highest BCUT2D eigenvalue weighted by Crippen LogP contribution is 2.47. The number of hydrogen-bond donors (Lipinski definition) is 3. The van der Waals surface area contributed by atoms with E-state index >= 15 is 0 Å². The average Bonchev–Trinajstić information content (AvgIpc) is 3.01. The lowest BCUT2D eigenvalue weighted by Gasteiger charge is -2.36. The fourth-order valence-corrected chi connectivity index (χ4v) is 5.36. The molecule has 2 aliphatic heterocycles. The molecule has 13 heteroatoms. The molecular weight excluding hydrogens is 513 g/mol. The van der Waals surface area contributed by atoms with Crippen LogP contribution in [0.2, 0.25) is 0 Å². The van der Waals surface area contributed by atoms with Gasteiger partial charge in [0.15, 0.2) is 6.23 Å². The van der Waals surface area contributed by atoms with Crippen molar-refractivity contribution in [3.8, 4) is 5.75 Å². The Morgan fingerprint density at radius 3 is 2.64 bits per heavy atom. The summed E-state index contributed by atoms with van der Waals surface area (Å²) in [6.07, 6.45) is -0.907. The summed E-state index contributed by atoms with van der Waals surface area (Å²) in [7, 11) is -4.17. The van der Waals surface area contributed by atoms with E-state index in [0.717, 1.165) is 0 Å². The molecule has 3 rings (SSSR count). The first-order valence-corrected chi connectivity index (χ1v) is 13.2. The molecule has 198 valence electrons. The van der Waals surface area contributed by atoms with Crippen molar-refractivity contribution in [2.75, 3.05) is 6.61 Å². The molecule has 0 aromatic heterocycles. The van der Waals surface area contributed by atoms with Crippen molar-refractivity contribution in [1.82, 2.24) is 15.3 Å². The van der Waals surface area contributed by atoms with E-state index < -0.39 is 49.7 Å². The van der Waals surface area contributed by atoms with Crippen molar-refractivity contribution >= 4 is 31.2 Å². The van der Waals surface area contributed by atoms with Crippen LogP contribution in [0.25, 0.3) is 0 Å². The third-order valence-corrected chi connectivity index (χ3v) is 7.42. The molecule has 1 saturated heterocycles. The number of amides is 1. The minimum absolute atomic E-state index is 0.213. The quantitative estimate of drug-likeness (QED) is 0.229. The van der Waals surface area contributed by atoms with Crippen LogP contribution in [0.5, 0.6) is 5.75 Å². The topological polar surface area (TPSA) is 136 Å². The van der Waals surface area contributed by atoms with Crippen LogP contribution >= 0.6 is 19.3 Å². The van der Waals surface area contributed by atoms with Crippen LogP contribution in [-0.2, 0) is 28.2 Å². The number of nitrogens with zero attached hydrogens (tertiary/aromatic N) is 1. The molecule has 36 heavy (non-hydrogen) atoms. The third kappa shape index (κ3) is 6.67. The standard InChI is InChI=1S/C23H31ClN3O8P/c1-14(2)33-21(30)15(3)26-36(31,35-17-9-7-6-8-10-17)32-13-18-20(29)23(5,24)22(34-18)27-12-11-19(28)25-16(27)4/h6-12,14-15,18,20,22,29H,4,13H2,1-3,5H3,(H,25,28)(H,26,31)/t15-,18-,20-,22-,23-,36-/m1/s1. The molecule has 0 spiro atoms. The van der Waals surface area contributed by atoms with Gasteiger partial charge in [0.1, 0.15) is 34.7 Å². The first-order valence-electron chi connectivity index (χ1n) is 11.3. The highest BCUT2D eigenvalue weighted by atomic mass is 35.5. The van der Waals surface area contributed by atoms with E-state index in [9.17, 15) is 19.3 Å². The second-order valence-electron chi connectivity index (χ2n) is 8.82. The number of para-hydroxylation sites is 1. The molecule has 6 atom stereocenters. The summed E-state index contributed by atoms with van der Waals surface area (Å²) >= 11 is 6.63. The second kappa shape index (κ2) is 11.3. The Bertz CT molecular complexity index is 1050. The molecule has 0 radical (unpaired) electrons. The van der Waals surface area contributed by atoms with Crippen LogP contribution < -0.4 is 14.9 Å². The largest absolute Gasteiger partial charge is 0.462 e. The average molecular weight is 544 g/mol. The monoisotopic (exact) mass is 543 g/mol. The number of aliphatic hydroxyl groups is 1. The van der Waals surface area contributed by atoms with Crippen LogP contribution in [0.1, 0.15) is 27.7 Å². The Hall–Kier alpha value is -2.40. The summed E-state index contributed by atoms with van der Waals surface area (Å²) in [4.78, 5) is 24.0. The molecule has 1 aromatic carbocycles. The number of carbonyl (C=O) groups is 2. The zero-order valence-corrected chi connectivity index (χ0v) is 22.1. The summed E-state index contributed by atoms with van der Waals surface area (Å²) in [5.41, 5.74) is 0. The van der Waals surface area contributed by atoms with Gasteiger partial charge in [-0.1, -0.05) is 24.8 Å². The number of hydrogen-bond acceptors (Lipinski definition) is 9. The van der Waals surface area contributed by atoms with E-state index in [0.29, 0.717) is 0 Å². The van der Waals surface area contributed by atoms with Gasteiger partial charge in [-0.25, -0.2) is 4.57 Å². The molecular formula is C23H31ClN3O8P. The number of rotatable bonds is 10. The summed E-state index contributed by atoms with van der Waals surface area (Å²) in [5.74, 6) is -0.559. The molecule has 11 nitrogen and oxygen atoms in total. The number of aliphatic hydroxyl groups excluding tert-OH is 1. The first kappa shape index (κ1) is 28.2. The van der Waals surface area contributed by atoms with E-state index in [-0.39, 0.29) is 23.6 Å². The summed E-state index contributed by atoms with van der Waals surface area (Å²) < 4.78 is 36.0. The number of nitrogens with one attached hydrogen (secondary N) is 2. The highest BCUT2D eigenvalue weighted by molar-refractivity contribution is 7.52. The van der Waals surface area contributed by atoms with E-state index in [2.05, 4.69) is 17.0 Å². The molecule has 2 aliphatic rings.